The number of pyridine rings is 1. The van der Waals surface area contributed by atoms with Gasteiger partial charge >= 0.3 is 12.3 Å². The third kappa shape index (κ3) is 5.30. The normalized spacial score (nSPS) is 21.3. The van der Waals surface area contributed by atoms with Crippen molar-refractivity contribution >= 4 is 11.8 Å². The van der Waals surface area contributed by atoms with Crippen LogP contribution < -0.4 is 10.6 Å². The molecule has 0 aromatic carbocycles. The molecule has 0 aliphatic heterocycles. The van der Waals surface area contributed by atoms with Crippen LogP contribution in [-0.4, -0.2) is 28.8 Å². The summed E-state index contributed by atoms with van der Waals surface area (Å²) in [6.45, 7) is 5.36. The summed E-state index contributed by atoms with van der Waals surface area (Å²) in [4.78, 5) is 15.0. The molecule has 0 bridgehead atoms. The van der Waals surface area contributed by atoms with E-state index in [9.17, 15) is 18.0 Å². The molecule has 1 saturated carbocycles. The van der Waals surface area contributed by atoms with Gasteiger partial charge in [0.15, 0.2) is 0 Å². The van der Waals surface area contributed by atoms with Crippen molar-refractivity contribution in [2.24, 2.45) is 0 Å². The van der Waals surface area contributed by atoms with E-state index in [0.717, 1.165) is 12.3 Å². The summed E-state index contributed by atoms with van der Waals surface area (Å²) in [6.07, 6.45) is -2.37. The highest BCUT2D eigenvalue weighted by molar-refractivity contribution is 5.68. The zero-order valence-corrected chi connectivity index (χ0v) is 13.2. The lowest BCUT2D eigenvalue weighted by molar-refractivity contribution is -0.141. The molecule has 23 heavy (non-hydrogen) atoms. The van der Waals surface area contributed by atoms with Crippen molar-refractivity contribution in [1.82, 2.24) is 10.3 Å². The minimum Gasteiger partial charge on any atom is -0.444 e. The van der Waals surface area contributed by atoms with Gasteiger partial charge in [-0.1, -0.05) is 0 Å². The van der Waals surface area contributed by atoms with Gasteiger partial charge in [0.1, 0.15) is 11.3 Å². The highest BCUT2D eigenvalue weighted by Gasteiger charge is 2.33. The number of nitrogens with zero attached hydrogens (tertiary/aromatic N) is 1. The van der Waals surface area contributed by atoms with Crippen LogP contribution in [0.5, 0.6) is 0 Å². The summed E-state index contributed by atoms with van der Waals surface area (Å²) in [5.41, 5.74) is -0.933. The Labute approximate surface area is 132 Å². The van der Waals surface area contributed by atoms with Crippen molar-refractivity contribution in [2.45, 2.75) is 57.5 Å². The van der Waals surface area contributed by atoms with Gasteiger partial charge in [-0.15, -0.1) is 0 Å². The summed E-state index contributed by atoms with van der Waals surface area (Å²) >= 11 is 0. The molecule has 0 saturated heterocycles. The van der Waals surface area contributed by atoms with Crippen molar-refractivity contribution in [3.05, 3.63) is 24.0 Å². The van der Waals surface area contributed by atoms with Crippen molar-refractivity contribution in [3.8, 4) is 0 Å². The molecule has 2 rings (SSSR count). The number of anilines is 1. The van der Waals surface area contributed by atoms with Crippen LogP contribution in [0.2, 0.25) is 0 Å². The predicted octanol–water partition coefficient (Wildman–Crippen LogP) is 3.57. The molecule has 128 valence electrons. The van der Waals surface area contributed by atoms with Crippen LogP contribution in [0.3, 0.4) is 0 Å². The van der Waals surface area contributed by atoms with Crippen molar-refractivity contribution in [1.29, 1.82) is 0 Å². The molecular weight excluding hydrogens is 311 g/mol. The first kappa shape index (κ1) is 17.4. The maximum absolute atomic E-state index is 12.4. The summed E-state index contributed by atoms with van der Waals surface area (Å²) < 4.78 is 42.4. The Bertz CT molecular complexity index is 547. The Morgan fingerprint density at radius 3 is 2.35 bits per heavy atom. The van der Waals surface area contributed by atoms with Gasteiger partial charge in [0.2, 0.25) is 0 Å². The van der Waals surface area contributed by atoms with Gasteiger partial charge < -0.3 is 15.4 Å². The van der Waals surface area contributed by atoms with Crippen molar-refractivity contribution in [2.75, 3.05) is 5.32 Å². The molecule has 5 nitrogen and oxygen atoms in total. The van der Waals surface area contributed by atoms with Gasteiger partial charge in [0.25, 0.3) is 0 Å². The number of carbonyl (C=O) groups excluding carboxylic acids is 1. The second-order valence-electron chi connectivity index (χ2n) is 6.59. The van der Waals surface area contributed by atoms with Gasteiger partial charge in [-0.3, -0.25) is 0 Å². The monoisotopic (exact) mass is 331 g/mol. The molecule has 1 aliphatic rings. The molecule has 0 radical (unpaired) electrons. The Hall–Kier alpha value is -1.99. The van der Waals surface area contributed by atoms with Crippen molar-refractivity contribution in [3.63, 3.8) is 0 Å². The zero-order valence-electron chi connectivity index (χ0n) is 13.2. The predicted molar refractivity (Wildman–Crippen MR) is 79.0 cm³/mol. The number of ether oxygens (including phenoxy) is 1. The molecule has 0 atom stereocenters. The van der Waals surface area contributed by atoms with E-state index in [4.69, 9.17) is 4.74 Å². The molecule has 2 N–H and O–H groups in total. The fourth-order valence-corrected chi connectivity index (χ4v) is 2.21. The quantitative estimate of drug-likeness (QED) is 0.889. The van der Waals surface area contributed by atoms with E-state index >= 15 is 0 Å². The second-order valence-corrected chi connectivity index (χ2v) is 6.59. The van der Waals surface area contributed by atoms with Crippen LogP contribution in [0.4, 0.5) is 23.7 Å². The highest BCUT2D eigenvalue weighted by Crippen LogP contribution is 2.29. The van der Waals surface area contributed by atoms with Crippen LogP contribution in [-0.2, 0) is 10.9 Å². The Balaban J connectivity index is 1.75. The van der Waals surface area contributed by atoms with Crippen LogP contribution in [0, 0.1) is 0 Å². The molecule has 1 aliphatic carbocycles. The number of hydrogen-bond acceptors (Lipinski definition) is 4. The molecule has 0 unspecified atom stereocenters. The average molecular weight is 331 g/mol. The Morgan fingerprint density at radius 2 is 1.87 bits per heavy atom. The van der Waals surface area contributed by atoms with Gasteiger partial charge in [-0.2, -0.15) is 13.2 Å². The van der Waals surface area contributed by atoms with E-state index in [-0.39, 0.29) is 12.1 Å². The summed E-state index contributed by atoms with van der Waals surface area (Å²) in [6, 6.07) is 2.39. The first-order valence-electron chi connectivity index (χ1n) is 7.32. The SMILES string of the molecule is CC(C)(C)OC(=O)N[C@H]1C[C@@H](Nc2ccc(C(F)(F)F)nc2)C1. The fourth-order valence-electron chi connectivity index (χ4n) is 2.21. The standard InChI is InChI=1S/C15H20F3N3O2/c1-14(2,3)23-13(22)21-11-6-10(7-11)20-9-4-5-12(19-8-9)15(16,17)18/h4-5,8,10-11,20H,6-7H2,1-3H3,(H,21,22)/t10-,11+. The lowest BCUT2D eigenvalue weighted by Crippen LogP contribution is -2.50. The van der Waals surface area contributed by atoms with Crippen LogP contribution in [0.1, 0.15) is 39.3 Å². The molecule has 0 spiro atoms. The van der Waals surface area contributed by atoms with E-state index in [2.05, 4.69) is 15.6 Å². The number of hydrogen-bond donors (Lipinski definition) is 2. The molecule has 1 heterocycles. The number of nitrogens with one attached hydrogen (secondary N) is 2. The number of aromatic nitrogens is 1. The van der Waals surface area contributed by atoms with Gasteiger partial charge in [0, 0.05) is 12.1 Å². The van der Waals surface area contributed by atoms with Gasteiger partial charge in [-0.05, 0) is 45.7 Å². The minimum atomic E-state index is -4.43. The topological polar surface area (TPSA) is 63.2 Å². The smallest absolute Gasteiger partial charge is 0.433 e. The third-order valence-corrected chi connectivity index (χ3v) is 3.28. The van der Waals surface area contributed by atoms with Crippen LogP contribution in [0.15, 0.2) is 18.3 Å². The van der Waals surface area contributed by atoms with Gasteiger partial charge in [0.05, 0.1) is 11.9 Å². The second kappa shape index (κ2) is 6.25. The van der Waals surface area contributed by atoms with Crippen molar-refractivity contribution < 1.29 is 22.7 Å². The molecule has 1 aromatic heterocycles. The molecule has 1 amide bonds. The van der Waals surface area contributed by atoms with E-state index in [1.165, 1.54) is 6.07 Å². The summed E-state index contributed by atoms with van der Waals surface area (Å²) in [5.74, 6) is 0. The molecule has 1 aromatic rings. The number of alkyl carbamates (subject to hydrolysis) is 1. The highest BCUT2D eigenvalue weighted by atomic mass is 19.4. The zero-order chi connectivity index (χ0) is 17.3. The first-order valence-corrected chi connectivity index (χ1v) is 7.32. The molecule has 8 heteroatoms. The van der Waals surface area contributed by atoms with E-state index in [1.807, 2.05) is 0 Å². The number of carbonyl (C=O) groups is 1. The molecule has 1 fully saturated rings. The Morgan fingerprint density at radius 1 is 1.22 bits per heavy atom. The lowest BCUT2D eigenvalue weighted by atomic mass is 9.87. The van der Waals surface area contributed by atoms with Gasteiger partial charge in [-0.25, -0.2) is 9.78 Å². The number of amides is 1. The summed E-state index contributed by atoms with van der Waals surface area (Å²) in [7, 11) is 0. The lowest BCUT2D eigenvalue weighted by Gasteiger charge is -2.37. The van der Waals surface area contributed by atoms with E-state index in [1.54, 1.807) is 20.8 Å². The maximum atomic E-state index is 12.4. The largest absolute Gasteiger partial charge is 0.444 e. The van der Waals surface area contributed by atoms with Crippen LogP contribution >= 0.6 is 0 Å². The van der Waals surface area contributed by atoms with E-state index < -0.39 is 23.6 Å². The number of rotatable bonds is 3. The molecular formula is C15H20F3N3O2. The minimum absolute atomic E-state index is 0.00441. The average Bonchev–Trinajstić information content (AvgIpc) is 2.33. The third-order valence-electron chi connectivity index (χ3n) is 3.28. The Kier molecular flexibility index (Phi) is 4.72. The number of alkyl halides is 3. The first-order chi connectivity index (χ1) is 10.5. The van der Waals surface area contributed by atoms with E-state index in [0.29, 0.717) is 18.5 Å². The fraction of sp³-hybridized carbons (Fsp3) is 0.600. The van der Waals surface area contributed by atoms with Crippen LogP contribution in [0.25, 0.3) is 0 Å². The maximum Gasteiger partial charge on any atom is 0.433 e. The summed E-state index contributed by atoms with van der Waals surface area (Å²) in [5, 5.41) is 5.84. The number of halogens is 3.